The number of hydrogen-bond donors (Lipinski definition) is 3. The number of hydrogen-bond acceptors (Lipinski definition) is 4. The van der Waals surface area contributed by atoms with Crippen molar-refractivity contribution >= 4 is 10.0 Å². The van der Waals surface area contributed by atoms with Crippen LogP contribution in [0, 0.1) is 6.92 Å². The van der Waals surface area contributed by atoms with E-state index in [1.165, 1.54) is 11.6 Å². The molecule has 0 saturated carbocycles. The van der Waals surface area contributed by atoms with Gasteiger partial charge in [0.2, 0.25) is 10.0 Å². The molecule has 1 heterocycles. The topological polar surface area (TPSA) is 86.9 Å². The Labute approximate surface area is 108 Å². The molecule has 0 aliphatic carbocycles. The minimum Gasteiger partial charge on any atom is -0.311 e. The molecule has 10 heteroatoms. The zero-order chi connectivity index (χ0) is 14.7. The monoisotopic (exact) mass is 300 g/mol. The number of H-pyrrole nitrogens is 1. The van der Waals surface area contributed by atoms with Crippen molar-refractivity contribution in [2.75, 3.05) is 13.1 Å². The average molecular weight is 300 g/mol. The molecule has 0 saturated heterocycles. The molecule has 0 radical (unpaired) electrons. The van der Waals surface area contributed by atoms with Gasteiger partial charge in [0.25, 0.3) is 0 Å². The van der Waals surface area contributed by atoms with E-state index in [0.29, 0.717) is 6.54 Å². The quantitative estimate of drug-likeness (QED) is 0.720. The Morgan fingerprint density at radius 1 is 1.37 bits per heavy atom. The molecule has 0 spiro atoms. The van der Waals surface area contributed by atoms with Crippen molar-refractivity contribution in [3.63, 3.8) is 0 Å². The van der Waals surface area contributed by atoms with Gasteiger partial charge in [0.1, 0.15) is 11.4 Å². The highest BCUT2D eigenvalue weighted by Gasteiger charge is 2.32. The number of sulfonamides is 1. The summed E-state index contributed by atoms with van der Waals surface area (Å²) in [5, 5.41) is 9.10. The summed E-state index contributed by atoms with van der Waals surface area (Å²) in [6.07, 6.45) is -4.60. The lowest BCUT2D eigenvalue weighted by Gasteiger charge is -2.10. The van der Waals surface area contributed by atoms with Crippen LogP contribution in [0.15, 0.2) is 4.90 Å². The van der Waals surface area contributed by atoms with Crippen LogP contribution in [-0.4, -0.2) is 37.9 Å². The van der Waals surface area contributed by atoms with Crippen molar-refractivity contribution in [2.45, 2.75) is 31.5 Å². The van der Waals surface area contributed by atoms with Crippen molar-refractivity contribution in [1.82, 2.24) is 20.2 Å². The molecule has 0 aliphatic rings. The lowest BCUT2D eigenvalue weighted by molar-refractivity contribution is -0.121. The number of aryl methyl sites for hydroxylation is 1. The first-order valence-electron chi connectivity index (χ1n) is 5.48. The van der Waals surface area contributed by atoms with E-state index in [1.807, 2.05) is 6.92 Å². The van der Waals surface area contributed by atoms with Crippen LogP contribution in [0.25, 0.3) is 0 Å². The third-order valence-corrected chi connectivity index (χ3v) is 3.84. The third kappa shape index (κ3) is 4.48. The van der Waals surface area contributed by atoms with Gasteiger partial charge in [-0.05, 0) is 13.5 Å². The minimum atomic E-state index is -4.60. The highest BCUT2D eigenvalue weighted by atomic mass is 32.2. The predicted molar refractivity (Wildman–Crippen MR) is 61.9 cm³/mol. The van der Waals surface area contributed by atoms with Crippen LogP contribution < -0.4 is 10.0 Å². The van der Waals surface area contributed by atoms with E-state index in [1.54, 1.807) is 0 Å². The van der Waals surface area contributed by atoms with Gasteiger partial charge in [-0.1, -0.05) is 6.92 Å². The number of rotatable bonds is 6. The Kier molecular flexibility index (Phi) is 4.93. The van der Waals surface area contributed by atoms with Crippen LogP contribution in [-0.2, 0) is 16.6 Å². The molecule has 0 amide bonds. The lowest BCUT2D eigenvalue weighted by Crippen LogP contribution is -2.34. The molecule has 0 bridgehead atoms. The van der Waals surface area contributed by atoms with Crippen molar-refractivity contribution in [2.24, 2.45) is 0 Å². The summed E-state index contributed by atoms with van der Waals surface area (Å²) < 4.78 is 61.4. The fourth-order valence-electron chi connectivity index (χ4n) is 1.44. The Hall–Kier alpha value is -1.13. The number of nitrogens with one attached hydrogen (secondary N) is 3. The van der Waals surface area contributed by atoms with E-state index in [0.717, 1.165) is 0 Å². The molecule has 3 N–H and O–H groups in total. The van der Waals surface area contributed by atoms with Crippen LogP contribution in [0.5, 0.6) is 0 Å². The summed E-state index contributed by atoms with van der Waals surface area (Å²) in [6, 6.07) is 0. The van der Waals surface area contributed by atoms with E-state index in [9.17, 15) is 21.6 Å². The second-order valence-corrected chi connectivity index (χ2v) is 5.55. The van der Waals surface area contributed by atoms with Gasteiger partial charge in [0.05, 0.1) is 11.4 Å². The van der Waals surface area contributed by atoms with Gasteiger partial charge < -0.3 is 5.32 Å². The molecule has 19 heavy (non-hydrogen) atoms. The molecule has 0 aliphatic heterocycles. The maximum absolute atomic E-state index is 12.1. The van der Waals surface area contributed by atoms with Crippen LogP contribution in [0.2, 0.25) is 0 Å². The van der Waals surface area contributed by atoms with E-state index in [-0.39, 0.29) is 22.8 Å². The highest BCUT2D eigenvalue weighted by molar-refractivity contribution is 7.89. The Morgan fingerprint density at radius 2 is 2.00 bits per heavy atom. The van der Waals surface area contributed by atoms with Crippen molar-refractivity contribution < 1.29 is 21.6 Å². The molecule has 110 valence electrons. The fourth-order valence-corrected chi connectivity index (χ4v) is 2.81. The Balaban J connectivity index is 2.97. The molecule has 6 nitrogen and oxygen atoms in total. The van der Waals surface area contributed by atoms with Gasteiger partial charge >= 0.3 is 6.18 Å². The number of nitrogens with zero attached hydrogens (tertiary/aromatic N) is 1. The van der Waals surface area contributed by atoms with E-state index in [4.69, 9.17) is 0 Å². The van der Waals surface area contributed by atoms with Crippen molar-refractivity contribution in [3.05, 3.63) is 11.4 Å². The summed E-state index contributed by atoms with van der Waals surface area (Å²) in [5.41, 5.74) is 0.358. The SMILES string of the molecule is CCNCc1n[nH]c(C)c1S(=O)(=O)NCC(F)(F)F. The average Bonchev–Trinajstić information content (AvgIpc) is 2.65. The molecular formula is C9H15F3N4O2S. The molecule has 1 aromatic heterocycles. The zero-order valence-corrected chi connectivity index (χ0v) is 11.2. The Bertz CT molecular complexity index is 524. The largest absolute Gasteiger partial charge is 0.402 e. The minimum absolute atomic E-state index is 0.156. The van der Waals surface area contributed by atoms with Crippen LogP contribution in [0.1, 0.15) is 18.3 Å². The van der Waals surface area contributed by atoms with E-state index >= 15 is 0 Å². The number of halogens is 3. The first-order valence-corrected chi connectivity index (χ1v) is 6.96. The molecule has 0 fully saturated rings. The van der Waals surface area contributed by atoms with Gasteiger partial charge in [-0.2, -0.15) is 18.3 Å². The second kappa shape index (κ2) is 5.88. The summed E-state index contributed by atoms with van der Waals surface area (Å²) >= 11 is 0. The molecule has 1 aromatic rings. The van der Waals surface area contributed by atoms with Gasteiger partial charge in [0.15, 0.2) is 0 Å². The van der Waals surface area contributed by atoms with Gasteiger partial charge in [-0.15, -0.1) is 0 Å². The van der Waals surface area contributed by atoms with Gasteiger partial charge in [-0.3, -0.25) is 5.10 Å². The summed E-state index contributed by atoms with van der Waals surface area (Å²) in [4.78, 5) is -0.238. The lowest BCUT2D eigenvalue weighted by atomic mass is 10.3. The Morgan fingerprint density at radius 3 is 2.53 bits per heavy atom. The van der Waals surface area contributed by atoms with Gasteiger partial charge in [0, 0.05) is 6.54 Å². The second-order valence-electron chi connectivity index (χ2n) is 3.84. The molecule has 1 rings (SSSR count). The predicted octanol–water partition coefficient (Wildman–Crippen LogP) is 0.668. The number of aromatic amines is 1. The first kappa shape index (κ1) is 15.9. The van der Waals surface area contributed by atoms with E-state index < -0.39 is 22.7 Å². The molecule has 0 aromatic carbocycles. The number of aromatic nitrogens is 2. The molecular weight excluding hydrogens is 285 g/mol. The van der Waals surface area contributed by atoms with E-state index in [2.05, 4.69) is 15.5 Å². The van der Waals surface area contributed by atoms with Crippen LogP contribution in [0.3, 0.4) is 0 Å². The van der Waals surface area contributed by atoms with Crippen molar-refractivity contribution in [1.29, 1.82) is 0 Å². The summed E-state index contributed by atoms with van der Waals surface area (Å²) in [7, 11) is -4.25. The third-order valence-electron chi connectivity index (χ3n) is 2.24. The summed E-state index contributed by atoms with van der Waals surface area (Å²) in [6.45, 7) is 2.38. The number of alkyl halides is 3. The fraction of sp³-hybridized carbons (Fsp3) is 0.667. The maximum Gasteiger partial charge on any atom is 0.402 e. The zero-order valence-electron chi connectivity index (χ0n) is 10.4. The first-order chi connectivity index (χ1) is 8.67. The molecule has 0 atom stereocenters. The smallest absolute Gasteiger partial charge is 0.311 e. The standard InChI is InChI=1S/C9H15F3N4O2S/c1-3-13-4-7-8(6(2)15-16-7)19(17,18)14-5-9(10,11)12/h13-14H,3-5H2,1-2H3,(H,15,16). The summed E-state index contributed by atoms with van der Waals surface area (Å²) in [5.74, 6) is 0. The van der Waals surface area contributed by atoms with Crippen LogP contribution in [0.4, 0.5) is 13.2 Å². The molecule has 0 unspecified atom stereocenters. The maximum atomic E-state index is 12.1. The van der Waals surface area contributed by atoms with Crippen LogP contribution >= 0.6 is 0 Å². The van der Waals surface area contributed by atoms with Gasteiger partial charge in [-0.25, -0.2) is 13.1 Å². The normalized spacial score (nSPS) is 12.9. The highest BCUT2D eigenvalue weighted by Crippen LogP contribution is 2.19. The van der Waals surface area contributed by atoms with Crippen molar-refractivity contribution in [3.8, 4) is 0 Å².